The molecule has 0 fully saturated rings. The number of hydrogen-bond acceptors (Lipinski definition) is 1. The number of benzene rings is 9. The van der Waals surface area contributed by atoms with Crippen LogP contribution in [0.25, 0.3) is 93.6 Å². The van der Waals surface area contributed by atoms with Crippen LogP contribution in [0.1, 0.15) is 33.4 Å². The summed E-state index contributed by atoms with van der Waals surface area (Å²) >= 11 is 5.89. The molecule has 0 spiro atoms. The Morgan fingerprint density at radius 1 is 0.364 bits per heavy atom. The number of ether oxygens (including phenoxy) is 1. The van der Waals surface area contributed by atoms with E-state index in [0.717, 1.165) is 43.7 Å². The van der Waals surface area contributed by atoms with Crippen molar-refractivity contribution in [3.63, 3.8) is 0 Å². The van der Waals surface area contributed by atoms with Gasteiger partial charge in [-0.2, -0.15) is 0 Å². The minimum atomic E-state index is -0.170. The zero-order chi connectivity index (χ0) is 62.3. The molecular weight excluding hydrogens is 1110 g/mol. The first-order valence-corrected chi connectivity index (χ1v) is 29.8. The third kappa shape index (κ3) is 12.7. The summed E-state index contributed by atoms with van der Waals surface area (Å²) in [6.07, 6.45) is 8.17. The molecule has 0 atom stereocenters. The number of para-hydroxylation sites is 3. The fourth-order valence-electron chi connectivity index (χ4n) is 12.3. The molecule has 10 heteroatoms. The van der Waals surface area contributed by atoms with E-state index < -0.39 is 0 Å². The lowest BCUT2D eigenvalue weighted by molar-refractivity contribution is 0.419. The molecule has 0 saturated heterocycles. The number of hydrogen-bond donors (Lipinski definition) is 0. The third-order valence-corrected chi connectivity index (χ3v) is 16.7. The first kappa shape index (κ1) is 61.3. The van der Waals surface area contributed by atoms with Gasteiger partial charge in [-0.3, -0.25) is 0 Å². The number of aromatic nitrogens is 6. The zero-order valence-corrected chi connectivity index (χ0v) is 53.0. The lowest BCUT2D eigenvalue weighted by atomic mass is 10.1. The number of halogens is 3. The predicted octanol–water partition coefficient (Wildman–Crippen LogP) is 20.6. The molecule has 9 aromatic carbocycles. The van der Waals surface area contributed by atoms with Crippen LogP contribution < -0.4 is 4.74 Å². The van der Waals surface area contributed by atoms with Crippen LogP contribution in [0.15, 0.2) is 237 Å². The highest BCUT2D eigenvalue weighted by molar-refractivity contribution is 6.31. The van der Waals surface area contributed by atoms with Crippen LogP contribution in [-0.4, -0.2) is 34.5 Å². The highest BCUT2D eigenvalue weighted by atomic mass is 35.5. The lowest BCUT2D eigenvalue weighted by Crippen LogP contribution is -1.96. The van der Waals surface area contributed by atoms with Crippen LogP contribution in [0.5, 0.6) is 5.75 Å². The van der Waals surface area contributed by atoms with Crippen LogP contribution in [0.4, 0.5) is 8.78 Å². The van der Waals surface area contributed by atoms with Gasteiger partial charge in [-0.15, -0.1) is 0 Å². The molecule has 0 amide bonds. The second-order valence-corrected chi connectivity index (χ2v) is 22.9. The quantitative estimate of drug-likeness (QED) is 0.173. The lowest BCUT2D eigenvalue weighted by Gasteiger charge is -2.12. The highest BCUT2D eigenvalue weighted by Gasteiger charge is 2.17. The Hall–Kier alpha value is -9.83. The maximum absolute atomic E-state index is 13.2. The summed E-state index contributed by atoms with van der Waals surface area (Å²) in [5.41, 5.74) is 20.7. The molecule has 15 rings (SSSR count). The van der Waals surface area contributed by atoms with E-state index in [0.29, 0.717) is 0 Å². The van der Waals surface area contributed by atoms with Gasteiger partial charge in [0.05, 0.1) is 35.0 Å². The van der Waals surface area contributed by atoms with Crippen LogP contribution >= 0.6 is 11.6 Å². The van der Waals surface area contributed by atoms with E-state index in [1.165, 1.54) is 106 Å². The second-order valence-electron chi connectivity index (χ2n) is 22.4. The average molecular weight is 1190 g/mol. The van der Waals surface area contributed by atoms with Gasteiger partial charge in [0.25, 0.3) is 0 Å². The van der Waals surface area contributed by atoms with Crippen molar-refractivity contribution in [1.29, 1.82) is 0 Å². The van der Waals surface area contributed by atoms with Crippen LogP contribution in [-0.2, 0) is 35.2 Å². The summed E-state index contributed by atoms with van der Waals surface area (Å²) in [5, 5.41) is 7.64. The molecule has 0 bridgehead atoms. The number of fused-ring (bicyclic) bond motifs is 6. The maximum Gasteiger partial charge on any atom is 0.132 e. The second kappa shape index (κ2) is 26.8. The van der Waals surface area contributed by atoms with E-state index in [2.05, 4.69) is 218 Å². The van der Waals surface area contributed by atoms with Gasteiger partial charge >= 0.3 is 0 Å². The number of nitrogens with zero attached hydrogens (tertiary/aromatic N) is 6. The Bertz CT molecular complexity index is 4760. The molecule has 0 saturated carbocycles. The van der Waals surface area contributed by atoms with Gasteiger partial charge in [0, 0.05) is 120 Å². The SMILES string of the molecule is COc1cccc2c1c(C)cn2C.Cc1c(-c2ccccc2)n(-c2ccccc2)c2ccccc12.Cc1c(-c2ccccc2)n(C)c2ccccc12.Cc1cn(C)c2ccc(Cl)cc12.Cc1cn(C)c2ccc(F)cc12.Cc1cn(C)c2cccc(F)c12. The van der Waals surface area contributed by atoms with E-state index in [4.69, 9.17) is 16.3 Å². The molecule has 0 N–H and O–H groups in total. The third-order valence-electron chi connectivity index (χ3n) is 16.4. The summed E-state index contributed by atoms with van der Waals surface area (Å²) in [6, 6.07) is 71.1. The van der Waals surface area contributed by atoms with Gasteiger partial charge in [0.15, 0.2) is 0 Å². The molecule has 15 aromatic rings. The molecule has 88 heavy (non-hydrogen) atoms. The van der Waals surface area contributed by atoms with Gasteiger partial charge < -0.3 is 32.1 Å². The molecular formula is C78H75ClF2N6O. The van der Waals surface area contributed by atoms with Gasteiger partial charge in [-0.05, 0) is 171 Å². The predicted molar refractivity (Wildman–Crippen MR) is 369 cm³/mol. The molecule has 0 aliphatic carbocycles. The monoisotopic (exact) mass is 1180 g/mol. The molecule has 6 heterocycles. The summed E-state index contributed by atoms with van der Waals surface area (Å²) < 4.78 is 44.2. The molecule has 7 nitrogen and oxygen atoms in total. The van der Waals surface area contributed by atoms with Gasteiger partial charge in [-0.1, -0.05) is 139 Å². The van der Waals surface area contributed by atoms with Crippen molar-refractivity contribution < 1.29 is 13.5 Å². The van der Waals surface area contributed by atoms with Crippen molar-refractivity contribution in [2.75, 3.05) is 7.11 Å². The Kier molecular flexibility index (Phi) is 18.7. The smallest absolute Gasteiger partial charge is 0.132 e. The van der Waals surface area contributed by atoms with Crippen LogP contribution in [0.2, 0.25) is 5.02 Å². The maximum atomic E-state index is 13.2. The molecule has 0 radical (unpaired) electrons. The number of aryl methyl sites for hydroxylation is 11. The average Bonchev–Trinajstić information content (AvgIpc) is 3.48. The minimum Gasteiger partial charge on any atom is -0.496 e. The van der Waals surface area contributed by atoms with E-state index in [9.17, 15) is 8.78 Å². The minimum absolute atomic E-state index is 0.134. The summed E-state index contributed by atoms with van der Waals surface area (Å²) in [7, 11) is 11.8. The first-order chi connectivity index (χ1) is 42.4. The van der Waals surface area contributed by atoms with E-state index in [1.807, 2.05) is 92.9 Å². The van der Waals surface area contributed by atoms with Crippen molar-refractivity contribution in [3.8, 4) is 34.0 Å². The fourth-order valence-corrected chi connectivity index (χ4v) is 12.5. The van der Waals surface area contributed by atoms with Crippen molar-refractivity contribution in [2.45, 2.75) is 41.5 Å². The largest absolute Gasteiger partial charge is 0.496 e. The first-order valence-electron chi connectivity index (χ1n) is 29.5. The summed E-state index contributed by atoms with van der Waals surface area (Å²) in [5.74, 6) is 0.651. The number of rotatable bonds is 4. The Morgan fingerprint density at radius 2 is 0.795 bits per heavy atom. The molecule has 444 valence electrons. The van der Waals surface area contributed by atoms with E-state index in [-0.39, 0.29) is 11.6 Å². The van der Waals surface area contributed by atoms with Gasteiger partial charge in [0.1, 0.15) is 17.4 Å². The van der Waals surface area contributed by atoms with Crippen LogP contribution in [0, 0.1) is 53.2 Å². The Morgan fingerprint density at radius 3 is 1.36 bits per heavy atom. The van der Waals surface area contributed by atoms with Crippen LogP contribution in [0.3, 0.4) is 0 Å². The fraction of sp³-hybridized carbons (Fsp3) is 0.154. The summed E-state index contributed by atoms with van der Waals surface area (Å²) in [6.45, 7) is 12.5. The molecule has 6 aromatic heterocycles. The molecule has 0 aliphatic rings. The molecule has 0 unspecified atom stereocenters. The van der Waals surface area contributed by atoms with Crippen molar-refractivity contribution in [1.82, 2.24) is 27.4 Å². The Labute approximate surface area is 520 Å². The topological polar surface area (TPSA) is 38.8 Å². The standard InChI is InChI=1S/C21H17N.C16H15N.C11H13NO.C10H10ClN.2C10H10FN/c1-16-19-14-8-9-15-20(19)22(18-12-6-3-7-13-18)21(16)17-10-4-2-5-11-17;1-12-14-10-6-7-11-15(14)17(2)16(12)13-8-4-3-5-9-13;1-8-7-12(2)9-5-4-6-10(13-3)11(8)9;2*1-7-6-12(2)10-4-3-8(11)5-9(7)10;1-7-6-12(2)9-5-3-4-8(11)10(7)9/h2-15H,1H3;3-11H,1-2H3;4-7H,1-3H3;3*3-6H,1-2H3. The highest BCUT2D eigenvalue weighted by Crippen LogP contribution is 2.37. The van der Waals surface area contributed by atoms with Gasteiger partial charge in [0.2, 0.25) is 0 Å². The molecule has 0 aliphatic heterocycles. The zero-order valence-electron chi connectivity index (χ0n) is 52.2. The van der Waals surface area contributed by atoms with E-state index in [1.54, 1.807) is 25.3 Å². The van der Waals surface area contributed by atoms with Crippen molar-refractivity contribution in [3.05, 3.63) is 287 Å². The van der Waals surface area contributed by atoms with Crippen molar-refractivity contribution in [2.24, 2.45) is 35.2 Å². The van der Waals surface area contributed by atoms with Gasteiger partial charge in [-0.25, -0.2) is 8.78 Å². The Balaban J connectivity index is 0.000000119. The normalized spacial score (nSPS) is 10.9. The van der Waals surface area contributed by atoms with E-state index >= 15 is 0 Å². The number of methoxy groups -OCH3 is 1. The van der Waals surface area contributed by atoms with Crippen molar-refractivity contribution >= 4 is 77.0 Å². The summed E-state index contributed by atoms with van der Waals surface area (Å²) in [4.78, 5) is 0.